The van der Waals surface area contributed by atoms with Gasteiger partial charge in [-0.3, -0.25) is 0 Å². The quantitative estimate of drug-likeness (QED) is 0.665. The van der Waals surface area contributed by atoms with Gasteiger partial charge in [0.25, 0.3) is 0 Å². The van der Waals surface area contributed by atoms with Crippen molar-refractivity contribution >= 4 is 45.1 Å². The lowest BCUT2D eigenvalue weighted by atomic mass is 10.5. The summed E-state index contributed by atoms with van der Waals surface area (Å²) in [5.41, 5.74) is 0. The molecule has 2 radical (unpaired) electrons. The summed E-state index contributed by atoms with van der Waals surface area (Å²) in [5.74, 6) is 1.16. The van der Waals surface area contributed by atoms with Crippen LogP contribution >= 0.6 is 45.1 Å². The van der Waals surface area contributed by atoms with Crippen molar-refractivity contribution in [1.82, 2.24) is 0 Å². The minimum absolute atomic E-state index is 1.14. The molecule has 0 nitrogen and oxygen atoms in total. The monoisotopic (exact) mass is 232 g/mol. The first-order chi connectivity index (χ1) is 5.95. The molecule has 0 aliphatic carbocycles. The minimum Gasteiger partial charge on any atom is -0.132 e. The summed E-state index contributed by atoms with van der Waals surface area (Å²) in [6.07, 6.45) is 7.80. The summed E-state index contributed by atoms with van der Waals surface area (Å²) in [5, 5.41) is 2.17. The zero-order valence-corrected chi connectivity index (χ0v) is 9.62. The van der Waals surface area contributed by atoms with Gasteiger partial charge in [0.2, 0.25) is 0 Å². The summed E-state index contributed by atoms with van der Waals surface area (Å²) in [7, 11) is 3.80. The molecule has 0 atom stereocenters. The Morgan fingerprint density at radius 3 is 2.92 bits per heavy atom. The van der Waals surface area contributed by atoms with Crippen LogP contribution in [0.5, 0.6) is 0 Å². The summed E-state index contributed by atoms with van der Waals surface area (Å²) < 4.78 is 2.95. The normalized spacial score (nSPS) is 24.3. The van der Waals surface area contributed by atoms with E-state index in [-0.39, 0.29) is 0 Å². The van der Waals surface area contributed by atoms with E-state index in [1.165, 1.54) is 9.16 Å². The van der Waals surface area contributed by atoms with Crippen LogP contribution in [0, 0.1) is 9.16 Å². The van der Waals surface area contributed by atoms with Gasteiger partial charge in [-0.05, 0) is 11.8 Å². The second-order valence-corrected chi connectivity index (χ2v) is 7.11. The highest BCUT2D eigenvalue weighted by atomic mass is 33.1. The predicted molar refractivity (Wildman–Crippen MR) is 64.6 cm³/mol. The molecule has 0 saturated carbocycles. The third kappa shape index (κ3) is 2.69. The number of hydrogen-bond donors (Lipinski definition) is 0. The Hall–Kier alpha value is 0.880. The molecule has 2 aliphatic rings. The van der Waals surface area contributed by atoms with Crippen LogP contribution in [-0.4, -0.2) is 5.75 Å². The first kappa shape index (κ1) is 9.44. The van der Waals surface area contributed by atoms with Crippen LogP contribution in [0.4, 0.5) is 0 Å². The molecule has 0 N–H and O–H groups in total. The molecule has 2 aliphatic heterocycles. The summed E-state index contributed by atoms with van der Waals surface area (Å²) >= 11 is 3.79. The highest BCUT2D eigenvalue weighted by Crippen LogP contribution is 2.53. The summed E-state index contributed by atoms with van der Waals surface area (Å²) in [6.45, 7) is 0. The van der Waals surface area contributed by atoms with Gasteiger partial charge in [0.15, 0.2) is 0 Å². The molecule has 12 heavy (non-hydrogen) atoms. The molecule has 64 valence electrons. The van der Waals surface area contributed by atoms with E-state index in [0.29, 0.717) is 0 Å². The molecule has 0 aromatic carbocycles. The molecular weight excluding hydrogens is 224 g/mol. The Morgan fingerprint density at radius 2 is 2.25 bits per heavy atom. The molecular formula is C8H8S4. The third-order valence-corrected chi connectivity index (χ3v) is 6.81. The molecule has 0 saturated heterocycles. The first-order valence-corrected chi connectivity index (χ1v) is 7.65. The van der Waals surface area contributed by atoms with Crippen molar-refractivity contribution in [3.63, 3.8) is 0 Å². The van der Waals surface area contributed by atoms with Crippen molar-refractivity contribution in [2.24, 2.45) is 0 Å². The average Bonchev–Trinajstić information content (AvgIpc) is 2.74. The molecule has 0 aromatic rings. The van der Waals surface area contributed by atoms with Crippen LogP contribution in [0.2, 0.25) is 0 Å². The van der Waals surface area contributed by atoms with Crippen molar-refractivity contribution in [3.05, 3.63) is 32.8 Å². The third-order valence-electron chi connectivity index (χ3n) is 1.37. The molecule has 0 bridgehead atoms. The number of rotatable bonds is 3. The highest BCUT2D eigenvalue weighted by Gasteiger charge is 2.18. The van der Waals surface area contributed by atoms with Crippen molar-refractivity contribution in [2.75, 3.05) is 5.75 Å². The number of allylic oxidation sites excluding steroid dienone is 1. The second-order valence-electron chi connectivity index (χ2n) is 2.26. The van der Waals surface area contributed by atoms with Gasteiger partial charge in [-0.25, -0.2) is 0 Å². The SMILES string of the molecule is C1=C[C](SS[C]2CC=CS2)SC1. The van der Waals surface area contributed by atoms with Crippen molar-refractivity contribution in [1.29, 1.82) is 0 Å². The van der Waals surface area contributed by atoms with Crippen LogP contribution in [0.25, 0.3) is 0 Å². The van der Waals surface area contributed by atoms with E-state index in [0.717, 1.165) is 12.2 Å². The van der Waals surface area contributed by atoms with Gasteiger partial charge in [0, 0.05) is 5.75 Å². The van der Waals surface area contributed by atoms with Gasteiger partial charge in [-0.2, -0.15) is 0 Å². The molecule has 2 rings (SSSR count). The zero-order chi connectivity index (χ0) is 8.23. The van der Waals surface area contributed by atoms with E-state index >= 15 is 0 Å². The highest BCUT2D eigenvalue weighted by molar-refractivity contribution is 8.82. The Kier molecular flexibility index (Phi) is 3.88. The maximum absolute atomic E-state index is 2.22. The standard InChI is InChI=1S/C8H8S4/c1-3-7(9-5-1)11-12-8-4-2-6-10-8/h1-3,6H,4-5H2. The number of thioether (sulfide) groups is 2. The van der Waals surface area contributed by atoms with E-state index in [1.807, 2.05) is 45.1 Å². The molecule has 0 amide bonds. The Balaban J connectivity index is 1.64. The van der Waals surface area contributed by atoms with Crippen LogP contribution < -0.4 is 0 Å². The van der Waals surface area contributed by atoms with E-state index in [9.17, 15) is 0 Å². The van der Waals surface area contributed by atoms with Gasteiger partial charge in [-0.1, -0.05) is 39.8 Å². The lowest BCUT2D eigenvalue weighted by Crippen LogP contribution is -1.76. The van der Waals surface area contributed by atoms with Crippen LogP contribution in [-0.2, 0) is 0 Å². The summed E-state index contributed by atoms with van der Waals surface area (Å²) in [4.78, 5) is 0. The van der Waals surface area contributed by atoms with Gasteiger partial charge in [0.1, 0.15) is 9.16 Å². The first-order valence-electron chi connectivity index (χ1n) is 3.63. The topological polar surface area (TPSA) is 0 Å². The molecule has 0 spiro atoms. The molecule has 0 fully saturated rings. The smallest absolute Gasteiger partial charge is 0.118 e. The Labute approximate surface area is 89.8 Å². The van der Waals surface area contributed by atoms with Gasteiger partial charge in [0.05, 0.1) is 0 Å². The minimum atomic E-state index is 1.14. The molecule has 0 aromatic heterocycles. The molecule has 2 heterocycles. The lowest BCUT2D eigenvalue weighted by molar-refractivity contribution is 1.36. The van der Waals surface area contributed by atoms with E-state index in [4.69, 9.17) is 0 Å². The zero-order valence-electron chi connectivity index (χ0n) is 6.36. The summed E-state index contributed by atoms with van der Waals surface area (Å²) in [6, 6.07) is 0. The van der Waals surface area contributed by atoms with Crippen molar-refractivity contribution in [2.45, 2.75) is 6.42 Å². The average molecular weight is 232 g/mol. The maximum Gasteiger partial charge on any atom is 0.118 e. The van der Waals surface area contributed by atoms with Crippen LogP contribution in [0.3, 0.4) is 0 Å². The predicted octanol–water partition coefficient (Wildman–Crippen LogP) is 4.30. The van der Waals surface area contributed by atoms with Crippen LogP contribution in [0.1, 0.15) is 6.42 Å². The fraction of sp³-hybridized carbons (Fsp3) is 0.250. The van der Waals surface area contributed by atoms with Gasteiger partial charge in [-0.15, -0.1) is 23.5 Å². The Morgan fingerprint density at radius 1 is 1.25 bits per heavy atom. The largest absolute Gasteiger partial charge is 0.132 e. The maximum atomic E-state index is 2.22. The van der Waals surface area contributed by atoms with Crippen LogP contribution in [0.15, 0.2) is 23.6 Å². The lowest BCUT2D eigenvalue weighted by Gasteiger charge is -2.08. The van der Waals surface area contributed by atoms with Crippen molar-refractivity contribution in [3.8, 4) is 0 Å². The van der Waals surface area contributed by atoms with Gasteiger partial charge < -0.3 is 0 Å². The van der Waals surface area contributed by atoms with E-state index in [1.54, 1.807) is 0 Å². The van der Waals surface area contributed by atoms with Gasteiger partial charge >= 0.3 is 0 Å². The fourth-order valence-electron chi connectivity index (χ4n) is 0.832. The van der Waals surface area contributed by atoms with Crippen molar-refractivity contribution < 1.29 is 0 Å². The fourth-order valence-corrected chi connectivity index (χ4v) is 5.42. The van der Waals surface area contributed by atoms with E-state index in [2.05, 4.69) is 23.6 Å². The second kappa shape index (κ2) is 4.94. The molecule has 4 heteroatoms. The number of hydrogen-bond acceptors (Lipinski definition) is 4. The van der Waals surface area contributed by atoms with E-state index < -0.39 is 0 Å². The molecule has 0 unspecified atom stereocenters. The Bertz CT molecular complexity index is 191.